The minimum absolute atomic E-state index is 0.129. The largest absolute Gasteiger partial charge is 0.354 e. The third kappa shape index (κ3) is 1.15. The summed E-state index contributed by atoms with van der Waals surface area (Å²) in [5.74, 6) is 0.129. The van der Waals surface area contributed by atoms with Crippen molar-refractivity contribution in [3.8, 4) is 0 Å². The van der Waals surface area contributed by atoms with Gasteiger partial charge in [0, 0.05) is 13.0 Å². The third-order valence-corrected chi connectivity index (χ3v) is 3.18. The van der Waals surface area contributed by atoms with Crippen LogP contribution in [0.1, 0.15) is 39.0 Å². The number of amides is 1. The second-order valence-electron chi connectivity index (χ2n) is 4.16. The summed E-state index contributed by atoms with van der Waals surface area (Å²) < 4.78 is 0. The Labute approximate surface area is 67.4 Å². The molecule has 0 aromatic rings. The summed E-state index contributed by atoms with van der Waals surface area (Å²) in [4.78, 5) is 10.7. The predicted molar refractivity (Wildman–Crippen MR) is 43.1 cm³/mol. The topological polar surface area (TPSA) is 29.1 Å². The Morgan fingerprint density at radius 1 is 1.45 bits per heavy atom. The Morgan fingerprint density at radius 3 is 2.45 bits per heavy atom. The van der Waals surface area contributed by atoms with Crippen molar-refractivity contribution in [3.05, 3.63) is 0 Å². The Hall–Kier alpha value is -0.530. The molecule has 2 saturated carbocycles. The molecule has 0 unspecified atom stereocenters. The summed E-state index contributed by atoms with van der Waals surface area (Å²) in [6.45, 7) is 1.60. The lowest BCUT2D eigenvalue weighted by Gasteiger charge is -2.54. The van der Waals surface area contributed by atoms with Gasteiger partial charge in [-0.3, -0.25) is 4.79 Å². The zero-order valence-corrected chi connectivity index (χ0v) is 7.02. The third-order valence-electron chi connectivity index (χ3n) is 3.18. The zero-order chi connectivity index (χ0) is 7.90. The van der Waals surface area contributed by atoms with Crippen LogP contribution in [0.2, 0.25) is 0 Å². The molecule has 1 N–H and O–H groups in total. The molecule has 1 amide bonds. The van der Waals surface area contributed by atoms with Crippen LogP contribution in [0.5, 0.6) is 0 Å². The second kappa shape index (κ2) is 2.23. The molecule has 62 valence electrons. The van der Waals surface area contributed by atoms with Gasteiger partial charge >= 0.3 is 0 Å². The molecule has 2 aliphatic carbocycles. The maximum absolute atomic E-state index is 10.7. The van der Waals surface area contributed by atoms with Gasteiger partial charge < -0.3 is 5.32 Å². The smallest absolute Gasteiger partial charge is 0.217 e. The number of rotatable bonds is 1. The van der Waals surface area contributed by atoms with Gasteiger partial charge in [0.2, 0.25) is 5.91 Å². The fourth-order valence-electron chi connectivity index (χ4n) is 2.46. The highest BCUT2D eigenvalue weighted by atomic mass is 16.1. The molecule has 2 nitrogen and oxygen atoms in total. The normalized spacial score (nSPS) is 27.4. The standard InChI is InChI=1S/C9H15NO/c1-7(11)10-8-5-9(6-8)3-2-4-9/h8H,2-6H2,1H3,(H,10,11). The van der Waals surface area contributed by atoms with E-state index in [-0.39, 0.29) is 5.91 Å². The fraction of sp³-hybridized carbons (Fsp3) is 0.889. The maximum Gasteiger partial charge on any atom is 0.217 e. The van der Waals surface area contributed by atoms with Crippen LogP contribution in [0.3, 0.4) is 0 Å². The molecule has 0 heterocycles. The van der Waals surface area contributed by atoms with Gasteiger partial charge in [0.1, 0.15) is 0 Å². The molecular formula is C9H15NO. The first kappa shape index (κ1) is 7.14. The van der Waals surface area contributed by atoms with E-state index < -0.39 is 0 Å². The van der Waals surface area contributed by atoms with Crippen molar-refractivity contribution in [2.75, 3.05) is 0 Å². The van der Waals surface area contributed by atoms with Crippen LogP contribution in [0.4, 0.5) is 0 Å². The molecule has 0 aromatic heterocycles. The summed E-state index contributed by atoms with van der Waals surface area (Å²) in [6, 6.07) is 0.507. The van der Waals surface area contributed by atoms with Crippen molar-refractivity contribution < 1.29 is 4.79 Å². The SMILES string of the molecule is CC(=O)NC1CC2(CCC2)C1. The van der Waals surface area contributed by atoms with E-state index in [1.807, 2.05) is 0 Å². The van der Waals surface area contributed by atoms with Crippen LogP contribution in [0.25, 0.3) is 0 Å². The molecule has 2 fully saturated rings. The Balaban J connectivity index is 1.75. The van der Waals surface area contributed by atoms with E-state index in [4.69, 9.17) is 0 Å². The number of hydrogen-bond donors (Lipinski definition) is 1. The first-order valence-corrected chi connectivity index (χ1v) is 4.47. The molecule has 0 bridgehead atoms. The quantitative estimate of drug-likeness (QED) is 0.607. The van der Waals surface area contributed by atoms with E-state index >= 15 is 0 Å². The van der Waals surface area contributed by atoms with E-state index in [2.05, 4.69) is 5.32 Å². The number of nitrogens with one attached hydrogen (secondary N) is 1. The predicted octanol–water partition coefficient (Wildman–Crippen LogP) is 1.46. The lowest BCUT2D eigenvalue weighted by molar-refractivity contribution is -0.122. The number of carbonyl (C=O) groups excluding carboxylic acids is 1. The summed E-state index contributed by atoms with van der Waals surface area (Å²) in [5, 5.41) is 2.96. The van der Waals surface area contributed by atoms with Crippen LogP contribution >= 0.6 is 0 Å². The zero-order valence-electron chi connectivity index (χ0n) is 7.02. The number of hydrogen-bond acceptors (Lipinski definition) is 1. The fourth-order valence-corrected chi connectivity index (χ4v) is 2.46. The van der Waals surface area contributed by atoms with Crippen molar-refractivity contribution in [1.29, 1.82) is 0 Å². The van der Waals surface area contributed by atoms with Crippen molar-refractivity contribution in [2.45, 2.75) is 45.1 Å². The first-order chi connectivity index (χ1) is 5.20. The van der Waals surface area contributed by atoms with Gasteiger partial charge in [0.15, 0.2) is 0 Å². The average Bonchev–Trinajstić information content (AvgIpc) is 1.71. The van der Waals surface area contributed by atoms with Gasteiger partial charge in [-0.05, 0) is 31.1 Å². The maximum atomic E-state index is 10.7. The molecular weight excluding hydrogens is 138 g/mol. The minimum Gasteiger partial charge on any atom is -0.354 e. The van der Waals surface area contributed by atoms with Crippen molar-refractivity contribution in [3.63, 3.8) is 0 Å². The highest BCUT2D eigenvalue weighted by Gasteiger charge is 2.48. The number of carbonyl (C=O) groups is 1. The van der Waals surface area contributed by atoms with Crippen LogP contribution in [0, 0.1) is 5.41 Å². The Bertz CT molecular complexity index is 176. The summed E-state index contributed by atoms with van der Waals surface area (Å²) in [7, 11) is 0. The van der Waals surface area contributed by atoms with Crippen LogP contribution in [-0.2, 0) is 4.79 Å². The molecule has 0 radical (unpaired) electrons. The molecule has 0 saturated heterocycles. The summed E-state index contributed by atoms with van der Waals surface area (Å²) in [5.41, 5.74) is 0.688. The van der Waals surface area contributed by atoms with E-state index in [0.717, 1.165) is 0 Å². The molecule has 2 heteroatoms. The van der Waals surface area contributed by atoms with Crippen LogP contribution < -0.4 is 5.32 Å². The monoisotopic (exact) mass is 153 g/mol. The first-order valence-electron chi connectivity index (χ1n) is 4.47. The van der Waals surface area contributed by atoms with E-state index in [9.17, 15) is 4.79 Å². The lowest BCUT2D eigenvalue weighted by atomic mass is 9.54. The summed E-state index contributed by atoms with van der Waals surface area (Å²) >= 11 is 0. The molecule has 2 aliphatic rings. The second-order valence-corrected chi connectivity index (χ2v) is 4.16. The van der Waals surface area contributed by atoms with Gasteiger partial charge in [-0.15, -0.1) is 0 Å². The van der Waals surface area contributed by atoms with Crippen LogP contribution in [0.15, 0.2) is 0 Å². The van der Waals surface area contributed by atoms with E-state index in [0.29, 0.717) is 11.5 Å². The Morgan fingerprint density at radius 2 is 2.09 bits per heavy atom. The molecule has 2 rings (SSSR count). The molecule has 0 aromatic carbocycles. The van der Waals surface area contributed by atoms with Crippen molar-refractivity contribution in [2.24, 2.45) is 5.41 Å². The Kier molecular flexibility index (Phi) is 1.44. The molecule has 0 aliphatic heterocycles. The molecule has 1 spiro atoms. The van der Waals surface area contributed by atoms with E-state index in [1.165, 1.54) is 32.1 Å². The molecule has 11 heavy (non-hydrogen) atoms. The van der Waals surface area contributed by atoms with Gasteiger partial charge in [-0.25, -0.2) is 0 Å². The van der Waals surface area contributed by atoms with E-state index in [1.54, 1.807) is 6.92 Å². The molecule has 0 atom stereocenters. The van der Waals surface area contributed by atoms with Crippen molar-refractivity contribution >= 4 is 5.91 Å². The minimum atomic E-state index is 0.129. The highest BCUT2D eigenvalue weighted by Crippen LogP contribution is 2.55. The van der Waals surface area contributed by atoms with Gasteiger partial charge in [-0.2, -0.15) is 0 Å². The van der Waals surface area contributed by atoms with Gasteiger partial charge in [0.25, 0.3) is 0 Å². The average molecular weight is 153 g/mol. The summed E-state index contributed by atoms with van der Waals surface area (Å²) in [6.07, 6.45) is 6.71. The highest BCUT2D eigenvalue weighted by molar-refractivity contribution is 5.73. The lowest BCUT2D eigenvalue weighted by Crippen LogP contribution is -2.53. The van der Waals surface area contributed by atoms with Gasteiger partial charge in [-0.1, -0.05) is 6.42 Å². The van der Waals surface area contributed by atoms with Crippen molar-refractivity contribution in [1.82, 2.24) is 5.32 Å². The van der Waals surface area contributed by atoms with Gasteiger partial charge in [0.05, 0.1) is 0 Å². The van der Waals surface area contributed by atoms with Crippen LogP contribution in [-0.4, -0.2) is 11.9 Å².